The molecule has 0 saturated heterocycles. The summed E-state index contributed by atoms with van der Waals surface area (Å²) < 4.78 is 10.2. The first-order valence-corrected chi connectivity index (χ1v) is 4.91. The molecule has 1 aromatic carbocycles. The summed E-state index contributed by atoms with van der Waals surface area (Å²) in [6, 6.07) is 7.37. The molecular formula is C11H12N2O3. The van der Waals surface area contributed by atoms with Crippen LogP contribution in [0.2, 0.25) is 0 Å². The van der Waals surface area contributed by atoms with Crippen LogP contribution in [-0.4, -0.2) is 29.0 Å². The average Bonchev–Trinajstić information content (AvgIpc) is 2.78. The number of aliphatic hydroxyl groups excluding tert-OH is 1. The number of aliphatic hydroxyl groups is 1. The van der Waals surface area contributed by atoms with Crippen molar-refractivity contribution < 1.29 is 14.4 Å². The molecule has 2 rings (SSSR count). The second-order valence-electron chi connectivity index (χ2n) is 3.22. The maximum atomic E-state index is 8.74. The van der Waals surface area contributed by atoms with Gasteiger partial charge in [0, 0.05) is 12.0 Å². The maximum Gasteiger partial charge on any atom is 0.258 e. The summed E-state index contributed by atoms with van der Waals surface area (Å²) in [6.45, 7) is 0.0110. The molecule has 0 aliphatic carbocycles. The van der Waals surface area contributed by atoms with Gasteiger partial charge in [0.1, 0.15) is 5.75 Å². The summed E-state index contributed by atoms with van der Waals surface area (Å²) in [4.78, 5) is 4.15. The Balaban J connectivity index is 2.27. The molecule has 5 heteroatoms. The predicted octanol–water partition coefficient (Wildman–Crippen LogP) is 1.28. The van der Waals surface area contributed by atoms with E-state index >= 15 is 0 Å². The number of hydrogen-bond donors (Lipinski definition) is 1. The summed E-state index contributed by atoms with van der Waals surface area (Å²) in [5, 5.41) is 12.5. The molecule has 2 aromatic rings. The summed E-state index contributed by atoms with van der Waals surface area (Å²) in [5.74, 6) is 1.67. The van der Waals surface area contributed by atoms with Gasteiger partial charge < -0.3 is 14.4 Å². The van der Waals surface area contributed by atoms with Crippen molar-refractivity contribution in [3.63, 3.8) is 0 Å². The summed E-state index contributed by atoms with van der Waals surface area (Å²) in [6.07, 6.45) is 0.396. The van der Waals surface area contributed by atoms with Gasteiger partial charge >= 0.3 is 0 Å². The van der Waals surface area contributed by atoms with E-state index < -0.39 is 0 Å². The summed E-state index contributed by atoms with van der Waals surface area (Å²) in [7, 11) is 1.60. The minimum atomic E-state index is 0.0110. The van der Waals surface area contributed by atoms with Crippen molar-refractivity contribution in [1.82, 2.24) is 10.1 Å². The highest BCUT2D eigenvalue weighted by Crippen LogP contribution is 2.22. The molecule has 5 nitrogen and oxygen atoms in total. The fourth-order valence-corrected chi connectivity index (χ4v) is 1.33. The average molecular weight is 220 g/mol. The summed E-state index contributed by atoms with van der Waals surface area (Å²) >= 11 is 0. The molecule has 0 spiro atoms. The first kappa shape index (κ1) is 10.6. The van der Waals surface area contributed by atoms with E-state index in [0.29, 0.717) is 18.1 Å². The van der Waals surface area contributed by atoms with Gasteiger partial charge in [0.25, 0.3) is 5.89 Å². The van der Waals surface area contributed by atoms with Gasteiger partial charge in [-0.05, 0) is 18.2 Å². The van der Waals surface area contributed by atoms with E-state index in [1.165, 1.54) is 0 Å². The van der Waals surface area contributed by atoms with Crippen LogP contribution >= 0.6 is 0 Å². The van der Waals surface area contributed by atoms with E-state index in [9.17, 15) is 0 Å². The number of ether oxygens (including phenoxy) is 1. The standard InChI is InChI=1S/C11H12N2O3/c1-15-9-4-2-3-8(7-9)11-12-10(5-6-14)13-16-11/h2-4,7,14H,5-6H2,1H3. The lowest BCUT2D eigenvalue weighted by Crippen LogP contribution is -1.92. The van der Waals surface area contributed by atoms with Gasteiger partial charge in [-0.1, -0.05) is 11.2 Å². The molecule has 1 aromatic heterocycles. The molecule has 0 radical (unpaired) electrons. The first-order chi connectivity index (χ1) is 7.83. The Kier molecular flexibility index (Phi) is 3.16. The summed E-state index contributed by atoms with van der Waals surface area (Å²) in [5.41, 5.74) is 0.802. The monoisotopic (exact) mass is 220 g/mol. The molecule has 0 amide bonds. The third kappa shape index (κ3) is 2.20. The van der Waals surface area contributed by atoms with Crippen molar-refractivity contribution >= 4 is 0 Å². The van der Waals surface area contributed by atoms with Crippen molar-refractivity contribution in [2.24, 2.45) is 0 Å². The second kappa shape index (κ2) is 4.76. The quantitative estimate of drug-likeness (QED) is 0.840. The fourth-order valence-electron chi connectivity index (χ4n) is 1.33. The molecule has 0 fully saturated rings. The molecule has 1 heterocycles. The number of methoxy groups -OCH3 is 1. The zero-order chi connectivity index (χ0) is 11.4. The molecule has 0 bridgehead atoms. The fraction of sp³-hybridized carbons (Fsp3) is 0.273. The number of aromatic nitrogens is 2. The highest BCUT2D eigenvalue weighted by molar-refractivity contribution is 5.55. The van der Waals surface area contributed by atoms with Crippen LogP contribution in [0, 0.1) is 0 Å². The highest BCUT2D eigenvalue weighted by atomic mass is 16.5. The molecule has 16 heavy (non-hydrogen) atoms. The minimum Gasteiger partial charge on any atom is -0.497 e. The zero-order valence-corrected chi connectivity index (χ0v) is 8.88. The van der Waals surface area contributed by atoms with Gasteiger partial charge in [0.2, 0.25) is 0 Å². The van der Waals surface area contributed by atoms with Crippen LogP contribution in [0.5, 0.6) is 5.75 Å². The van der Waals surface area contributed by atoms with E-state index in [0.717, 1.165) is 11.3 Å². The van der Waals surface area contributed by atoms with E-state index in [-0.39, 0.29) is 6.61 Å². The maximum absolute atomic E-state index is 8.74. The predicted molar refractivity (Wildman–Crippen MR) is 57.1 cm³/mol. The van der Waals surface area contributed by atoms with Gasteiger partial charge in [-0.15, -0.1) is 0 Å². The highest BCUT2D eigenvalue weighted by Gasteiger charge is 2.08. The second-order valence-corrected chi connectivity index (χ2v) is 3.22. The normalized spacial score (nSPS) is 10.4. The lowest BCUT2D eigenvalue weighted by molar-refractivity contribution is 0.293. The van der Waals surface area contributed by atoms with Crippen LogP contribution in [0.4, 0.5) is 0 Å². The van der Waals surface area contributed by atoms with Crippen molar-refractivity contribution in [2.75, 3.05) is 13.7 Å². The van der Waals surface area contributed by atoms with Crippen LogP contribution in [0.25, 0.3) is 11.5 Å². The third-order valence-electron chi connectivity index (χ3n) is 2.12. The van der Waals surface area contributed by atoms with Gasteiger partial charge in [0.15, 0.2) is 5.82 Å². The number of rotatable bonds is 4. The first-order valence-electron chi connectivity index (χ1n) is 4.91. The Morgan fingerprint density at radius 3 is 3.06 bits per heavy atom. The lowest BCUT2D eigenvalue weighted by Gasteiger charge is -1.99. The Hall–Kier alpha value is -1.88. The van der Waals surface area contributed by atoms with E-state index in [2.05, 4.69) is 10.1 Å². The lowest BCUT2D eigenvalue weighted by atomic mass is 10.2. The van der Waals surface area contributed by atoms with Crippen LogP contribution in [0.1, 0.15) is 5.82 Å². The van der Waals surface area contributed by atoms with Crippen molar-refractivity contribution in [1.29, 1.82) is 0 Å². The van der Waals surface area contributed by atoms with Gasteiger partial charge in [-0.25, -0.2) is 0 Å². The van der Waals surface area contributed by atoms with Crippen molar-refractivity contribution in [3.8, 4) is 17.2 Å². The van der Waals surface area contributed by atoms with E-state index in [1.54, 1.807) is 7.11 Å². The number of nitrogens with zero attached hydrogens (tertiary/aromatic N) is 2. The molecule has 0 unspecified atom stereocenters. The molecule has 0 atom stereocenters. The number of benzene rings is 1. The van der Waals surface area contributed by atoms with E-state index in [1.807, 2.05) is 24.3 Å². The van der Waals surface area contributed by atoms with E-state index in [4.69, 9.17) is 14.4 Å². The Morgan fingerprint density at radius 2 is 2.31 bits per heavy atom. The zero-order valence-electron chi connectivity index (χ0n) is 8.88. The third-order valence-corrected chi connectivity index (χ3v) is 2.12. The van der Waals surface area contributed by atoms with Crippen LogP contribution in [-0.2, 0) is 6.42 Å². The van der Waals surface area contributed by atoms with Crippen molar-refractivity contribution in [3.05, 3.63) is 30.1 Å². The van der Waals surface area contributed by atoms with Crippen LogP contribution < -0.4 is 4.74 Å². The molecule has 0 aliphatic rings. The smallest absolute Gasteiger partial charge is 0.258 e. The molecule has 0 aliphatic heterocycles. The van der Waals surface area contributed by atoms with Gasteiger partial charge in [-0.2, -0.15) is 4.98 Å². The Bertz CT molecular complexity index is 468. The number of hydrogen-bond acceptors (Lipinski definition) is 5. The minimum absolute atomic E-state index is 0.0110. The molecular weight excluding hydrogens is 208 g/mol. The molecule has 1 N–H and O–H groups in total. The van der Waals surface area contributed by atoms with Gasteiger partial charge in [-0.3, -0.25) is 0 Å². The molecule has 84 valence electrons. The Labute approximate surface area is 92.7 Å². The van der Waals surface area contributed by atoms with Crippen LogP contribution in [0.3, 0.4) is 0 Å². The molecule has 0 saturated carbocycles. The SMILES string of the molecule is COc1cccc(-c2nc(CCO)no2)c1. The van der Waals surface area contributed by atoms with Gasteiger partial charge in [0.05, 0.1) is 13.7 Å². The topological polar surface area (TPSA) is 68.4 Å². The van der Waals surface area contributed by atoms with Crippen molar-refractivity contribution in [2.45, 2.75) is 6.42 Å². The largest absolute Gasteiger partial charge is 0.497 e. The Morgan fingerprint density at radius 1 is 1.44 bits per heavy atom. The van der Waals surface area contributed by atoms with Crippen LogP contribution in [0.15, 0.2) is 28.8 Å².